The highest BCUT2D eigenvalue weighted by Gasteiger charge is 2.07. The fourth-order valence-corrected chi connectivity index (χ4v) is 1.53. The topological polar surface area (TPSA) is 61.0 Å². The van der Waals surface area contributed by atoms with Gasteiger partial charge in [0, 0.05) is 24.0 Å². The molecule has 2 aromatic rings. The Balaban J connectivity index is 2.09. The van der Waals surface area contributed by atoms with Gasteiger partial charge in [-0.1, -0.05) is 18.2 Å². The van der Waals surface area contributed by atoms with Gasteiger partial charge < -0.3 is 10.5 Å². The van der Waals surface area contributed by atoms with E-state index in [1.165, 1.54) is 0 Å². The van der Waals surface area contributed by atoms with Crippen molar-refractivity contribution in [3.63, 3.8) is 0 Å². The Morgan fingerprint density at radius 3 is 2.59 bits per heavy atom. The number of hydrogen-bond acceptors (Lipinski definition) is 4. The monoisotopic (exact) mass is 229 g/mol. The molecular weight excluding hydrogens is 214 g/mol. The first kappa shape index (κ1) is 11.5. The van der Waals surface area contributed by atoms with E-state index >= 15 is 0 Å². The van der Waals surface area contributed by atoms with Gasteiger partial charge in [-0.15, -0.1) is 0 Å². The molecule has 2 rings (SSSR count). The van der Waals surface area contributed by atoms with Gasteiger partial charge in [0.15, 0.2) is 5.82 Å². The highest BCUT2D eigenvalue weighted by atomic mass is 16.5. The van der Waals surface area contributed by atoms with Crippen LogP contribution in [0, 0.1) is 0 Å². The zero-order valence-electron chi connectivity index (χ0n) is 9.71. The standard InChI is InChI=1S/C13H15N3O/c1-10(14)11-5-2-3-6-12(11)17-9-13-15-7-4-8-16-13/h2-8,10H,9,14H2,1H3/t10-/m0/s1. The van der Waals surface area contributed by atoms with Gasteiger partial charge in [0.2, 0.25) is 0 Å². The van der Waals surface area contributed by atoms with E-state index in [4.69, 9.17) is 10.5 Å². The Labute approximate surface area is 100 Å². The van der Waals surface area contributed by atoms with Crippen LogP contribution in [0.5, 0.6) is 5.75 Å². The van der Waals surface area contributed by atoms with E-state index in [2.05, 4.69) is 9.97 Å². The fraction of sp³-hybridized carbons (Fsp3) is 0.231. The van der Waals surface area contributed by atoms with Crippen LogP contribution in [0.4, 0.5) is 0 Å². The summed E-state index contributed by atoms with van der Waals surface area (Å²) in [5, 5.41) is 0. The van der Waals surface area contributed by atoms with Crippen molar-refractivity contribution in [3.05, 3.63) is 54.1 Å². The first-order chi connectivity index (χ1) is 8.27. The van der Waals surface area contributed by atoms with E-state index in [9.17, 15) is 0 Å². The molecule has 0 radical (unpaired) electrons. The lowest BCUT2D eigenvalue weighted by Crippen LogP contribution is -2.08. The molecule has 1 aromatic heterocycles. The van der Waals surface area contributed by atoms with Crippen molar-refractivity contribution in [2.24, 2.45) is 5.73 Å². The van der Waals surface area contributed by atoms with E-state index in [0.29, 0.717) is 12.4 Å². The van der Waals surface area contributed by atoms with Crippen molar-refractivity contribution in [1.29, 1.82) is 0 Å². The molecule has 4 nitrogen and oxygen atoms in total. The van der Waals surface area contributed by atoms with E-state index in [1.807, 2.05) is 31.2 Å². The molecule has 4 heteroatoms. The first-order valence-corrected chi connectivity index (χ1v) is 5.50. The average molecular weight is 229 g/mol. The van der Waals surface area contributed by atoms with Crippen LogP contribution < -0.4 is 10.5 Å². The third-order valence-corrected chi connectivity index (χ3v) is 2.39. The molecule has 1 atom stereocenters. The van der Waals surface area contributed by atoms with Gasteiger partial charge in [0.25, 0.3) is 0 Å². The molecule has 0 bridgehead atoms. The minimum absolute atomic E-state index is 0.0529. The van der Waals surface area contributed by atoms with Crippen LogP contribution in [-0.4, -0.2) is 9.97 Å². The summed E-state index contributed by atoms with van der Waals surface area (Å²) >= 11 is 0. The van der Waals surface area contributed by atoms with Crippen LogP contribution in [0.1, 0.15) is 24.4 Å². The molecule has 0 saturated heterocycles. The number of ether oxygens (including phenoxy) is 1. The molecule has 17 heavy (non-hydrogen) atoms. The van der Waals surface area contributed by atoms with Crippen molar-refractivity contribution in [2.45, 2.75) is 19.6 Å². The number of para-hydroxylation sites is 1. The molecule has 0 saturated carbocycles. The van der Waals surface area contributed by atoms with Crippen LogP contribution in [0.15, 0.2) is 42.7 Å². The normalized spacial score (nSPS) is 12.1. The fourth-order valence-electron chi connectivity index (χ4n) is 1.53. The van der Waals surface area contributed by atoms with Crippen LogP contribution in [0.2, 0.25) is 0 Å². The van der Waals surface area contributed by atoms with E-state index in [0.717, 1.165) is 11.3 Å². The summed E-state index contributed by atoms with van der Waals surface area (Å²) in [5.74, 6) is 1.45. The van der Waals surface area contributed by atoms with Gasteiger partial charge >= 0.3 is 0 Å². The summed E-state index contributed by atoms with van der Waals surface area (Å²) < 4.78 is 5.68. The van der Waals surface area contributed by atoms with Crippen LogP contribution >= 0.6 is 0 Å². The maximum atomic E-state index is 5.87. The molecule has 0 fully saturated rings. The van der Waals surface area contributed by atoms with Crippen LogP contribution in [-0.2, 0) is 6.61 Å². The number of aromatic nitrogens is 2. The second-order valence-corrected chi connectivity index (χ2v) is 3.78. The molecule has 0 spiro atoms. The number of nitrogens with two attached hydrogens (primary N) is 1. The Kier molecular flexibility index (Phi) is 3.67. The van der Waals surface area contributed by atoms with E-state index < -0.39 is 0 Å². The van der Waals surface area contributed by atoms with Gasteiger partial charge in [0.1, 0.15) is 12.4 Å². The number of rotatable bonds is 4. The molecule has 0 aliphatic heterocycles. The largest absolute Gasteiger partial charge is 0.485 e. The second kappa shape index (κ2) is 5.41. The van der Waals surface area contributed by atoms with Crippen molar-refractivity contribution < 1.29 is 4.74 Å². The third kappa shape index (κ3) is 3.01. The van der Waals surface area contributed by atoms with Gasteiger partial charge in [-0.2, -0.15) is 0 Å². The lowest BCUT2D eigenvalue weighted by Gasteiger charge is -2.13. The summed E-state index contributed by atoms with van der Waals surface area (Å²) in [6, 6.07) is 9.47. The summed E-state index contributed by atoms with van der Waals surface area (Å²) in [5.41, 5.74) is 6.86. The lowest BCUT2D eigenvalue weighted by molar-refractivity contribution is 0.291. The number of benzene rings is 1. The zero-order valence-corrected chi connectivity index (χ0v) is 9.71. The first-order valence-electron chi connectivity index (χ1n) is 5.50. The predicted molar refractivity (Wildman–Crippen MR) is 65.4 cm³/mol. The van der Waals surface area contributed by atoms with Gasteiger partial charge in [-0.3, -0.25) is 0 Å². The maximum absolute atomic E-state index is 5.87. The number of hydrogen-bond donors (Lipinski definition) is 1. The van der Waals surface area contributed by atoms with Crippen LogP contribution in [0.3, 0.4) is 0 Å². The Morgan fingerprint density at radius 1 is 1.18 bits per heavy atom. The molecule has 0 unspecified atom stereocenters. The Hall–Kier alpha value is -1.94. The van der Waals surface area contributed by atoms with E-state index in [1.54, 1.807) is 18.5 Å². The average Bonchev–Trinajstić information content (AvgIpc) is 2.38. The van der Waals surface area contributed by atoms with Gasteiger partial charge in [-0.05, 0) is 19.1 Å². The Morgan fingerprint density at radius 2 is 1.88 bits per heavy atom. The Bertz CT molecular complexity index is 471. The molecule has 0 amide bonds. The third-order valence-electron chi connectivity index (χ3n) is 2.39. The number of nitrogens with zero attached hydrogens (tertiary/aromatic N) is 2. The van der Waals surface area contributed by atoms with Gasteiger partial charge in [0.05, 0.1) is 0 Å². The summed E-state index contributed by atoms with van der Waals surface area (Å²) in [6.45, 7) is 2.28. The zero-order chi connectivity index (χ0) is 12.1. The molecule has 0 aliphatic carbocycles. The van der Waals surface area contributed by atoms with Crippen molar-refractivity contribution in [3.8, 4) is 5.75 Å². The maximum Gasteiger partial charge on any atom is 0.166 e. The lowest BCUT2D eigenvalue weighted by atomic mass is 10.1. The minimum Gasteiger partial charge on any atom is -0.485 e. The molecule has 1 heterocycles. The highest BCUT2D eigenvalue weighted by Crippen LogP contribution is 2.23. The SMILES string of the molecule is C[C@H](N)c1ccccc1OCc1ncccn1. The van der Waals surface area contributed by atoms with Crippen molar-refractivity contribution in [2.75, 3.05) is 0 Å². The summed E-state index contributed by atoms with van der Waals surface area (Å²) in [7, 11) is 0. The van der Waals surface area contributed by atoms with E-state index in [-0.39, 0.29) is 6.04 Å². The van der Waals surface area contributed by atoms with Crippen LogP contribution in [0.25, 0.3) is 0 Å². The minimum atomic E-state index is -0.0529. The molecule has 88 valence electrons. The molecule has 1 aromatic carbocycles. The second-order valence-electron chi connectivity index (χ2n) is 3.78. The van der Waals surface area contributed by atoms with Crippen molar-refractivity contribution >= 4 is 0 Å². The summed E-state index contributed by atoms with van der Waals surface area (Å²) in [6.07, 6.45) is 3.40. The predicted octanol–water partition coefficient (Wildman–Crippen LogP) is 2.08. The smallest absolute Gasteiger partial charge is 0.166 e. The molecule has 2 N–H and O–H groups in total. The molecular formula is C13H15N3O. The van der Waals surface area contributed by atoms with Gasteiger partial charge in [-0.25, -0.2) is 9.97 Å². The highest BCUT2D eigenvalue weighted by molar-refractivity contribution is 5.35. The summed E-state index contributed by atoms with van der Waals surface area (Å²) in [4.78, 5) is 8.20. The molecule has 0 aliphatic rings. The quantitative estimate of drug-likeness (QED) is 0.871. The van der Waals surface area contributed by atoms with Crippen molar-refractivity contribution in [1.82, 2.24) is 9.97 Å².